The molecule has 1 atom stereocenters. The maximum atomic E-state index is 12.8. The molecule has 4 heteroatoms. The van der Waals surface area contributed by atoms with E-state index in [4.69, 9.17) is 4.74 Å². The number of piperidine rings is 1. The number of likely N-dealkylation sites (tertiary alicyclic amines) is 1. The average Bonchev–Trinajstić information content (AvgIpc) is 2.79. The number of rotatable bonds is 3. The summed E-state index contributed by atoms with van der Waals surface area (Å²) in [5.74, 6) is -0.0837. The molecule has 0 bridgehead atoms. The summed E-state index contributed by atoms with van der Waals surface area (Å²) in [5, 5.41) is 0. The van der Waals surface area contributed by atoms with Crippen molar-refractivity contribution in [2.45, 2.75) is 59.9 Å². The molecule has 1 heterocycles. The Morgan fingerprint density at radius 3 is 2.25 bits per heavy atom. The topological polar surface area (TPSA) is 46.6 Å². The summed E-state index contributed by atoms with van der Waals surface area (Å²) in [6, 6.07) is -0.372. The first kappa shape index (κ1) is 15.3. The van der Waals surface area contributed by atoms with Crippen molar-refractivity contribution in [2.24, 2.45) is 16.7 Å². The van der Waals surface area contributed by atoms with Crippen LogP contribution >= 0.6 is 0 Å². The van der Waals surface area contributed by atoms with Crippen LogP contribution in [0.4, 0.5) is 0 Å². The van der Waals surface area contributed by atoms with E-state index in [-0.39, 0.29) is 34.7 Å². The molecule has 0 aromatic carbocycles. The fourth-order valence-electron chi connectivity index (χ4n) is 3.66. The van der Waals surface area contributed by atoms with Crippen LogP contribution in [0.1, 0.15) is 53.9 Å². The number of esters is 1. The molecule has 0 aromatic rings. The van der Waals surface area contributed by atoms with Crippen molar-refractivity contribution in [1.29, 1.82) is 0 Å². The maximum absolute atomic E-state index is 12.8. The van der Waals surface area contributed by atoms with Crippen LogP contribution in [-0.2, 0) is 14.3 Å². The highest BCUT2D eigenvalue weighted by Gasteiger charge is 2.69. The number of hydrogen-bond acceptors (Lipinski definition) is 3. The summed E-state index contributed by atoms with van der Waals surface area (Å²) in [4.78, 5) is 26.7. The summed E-state index contributed by atoms with van der Waals surface area (Å²) in [5.41, 5.74) is 0.0292. The van der Waals surface area contributed by atoms with E-state index in [2.05, 4.69) is 27.7 Å². The van der Waals surface area contributed by atoms with E-state index in [0.717, 1.165) is 19.3 Å². The van der Waals surface area contributed by atoms with Gasteiger partial charge in [-0.25, -0.2) is 4.79 Å². The van der Waals surface area contributed by atoms with Crippen LogP contribution in [-0.4, -0.2) is 36.0 Å². The highest BCUT2D eigenvalue weighted by molar-refractivity contribution is 5.89. The van der Waals surface area contributed by atoms with E-state index in [9.17, 15) is 9.59 Å². The van der Waals surface area contributed by atoms with Crippen LogP contribution < -0.4 is 0 Å². The first-order chi connectivity index (χ1) is 9.25. The predicted molar refractivity (Wildman–Crippen MR) is 77.0 cm³/mol. The lowest BCUT2D eigenvalue weighted by molar-refractivity contribution is -0.157. The Morgan fingerprint density at radius 1 is 1.15 bits per heavy atom. The Kier molecular flexibility index (Phi) is 3.87. The van der Waals surface area contributed by atoms with Crippen molar-refractivity contribution >= 4 is 11.9 Å². The fourth-order valence-corrected chi connectivity index (χ4v) is 3.66. The first-order valence-corrected chi connectivity index (χ1v) is 7.72. The molecule has 20 heavy (non-hydrogen) atoms. The van der Waals surface area contributed by atoms with E-state index >= 15 is 0 Å². The quantitative estimate of drug-likeness (QED) is 0.747. The van der Waals surface area contributed by atoms with Crippen LogP contribution in [0.5, 0.6) is 0 Å². The summed E-state index contributed by atoms with van der Waals surface area (Å²) >= 11 is 0. The normalized spacial score (nSPS) is 28.1. The Balaban J connectivity index is 2.13. The molecule has 2 aliphatic rings. The SMILES string of the molecule is CCOC(=O)C1CCCCN1C(=O)C1C(C)(C)C1(C)C. The molecule has 2 rings (SSSR count). The van der Waals surface area contributed by atoms with Gasteiger partial charge in [-0.05, 0) is 37.0 Å². The molecule has 1 saturated heterocycles. The number of hydrogen-bond donors (Lipinski definition) is 0. The molecule has 0 N–H and O–H groups in total. The molecule has 1 unspecified atom stereocenters. The van der Waals surface area contributed by atoms with Crippen molar-refractivity contribution in [3.8, 4) is 0 Å². The van der Waals surface area contributed by atoms with Gasteiger partial charge in [-0.3, -0.25) is 4.79 Å². The zero-order valence-electron chi connectivity index (χ0n) is 13.4. The molecular weight excluding hydrogens is 254 g/mol. The van der Waals surface area contributed by atoms with Crippen LogP contribution in [0.3, 0.4) is 0 Å². The largest absolute Gasteiger partial charge is 0.464 e. The van der Waals surface area contributed by atoms with Gasteiger partial charge >= 0.3 is 5.97 Å². The second kappa shape index (κ2) is 5.05. The molecule has 0 aromatic heterocycles. The molecule has 2 fully saturated rings. The van der Waals surface area contributed by atoms with E-state index in [0.29, 0.717) is 13.2 Å². The Hall–Kier alpha value is -1.06. The van der Waals surface area contributed by atoms with Gasteiger partial charge in [0.15, 0.2) is 0 Å². The van der Waals surface area contributed by atoms with Gasteiger partial charge in [0.25, 0.3) is 0 Å². The minimum absolute atomic E-state index is 0.0146. The van der Waals surface area contributed by atoms with Gasteiger partial charge < -0.3 is 9.64 Å². The van der Waals surface area contributed by atoms with Crippen molar-refractivity contribution in [2.75, 3.05) is 13.2 Å². The molecular formula is C16H27NO3. The standard InChI is InChI=1S/C16H27NO3/c1-6-20-14(19)11-9-7-8-10-17(11)13(18)12-15(2,3)16(12,4)5/h11-12H,6-10H2,1-5H3. The zero-order valence-corrected chi connectivity index (χ0v) is 13.4. The van der Waals surface area contributed by atoms with Crippen LogP contribution in [0, 0.1) is 16.7 Å². The van der Waals surface area contributed by atoms with Crippen molar-refractivity contribution in [3.63, 3.8) is 0 Å². The Labute approximate surface area is 121 Å². The highest BCUT2D eigenvalue weighted by Crippen LogP contribution is 2.69. The van der Waals surface area contributed by atoms with Gasteiger partial charge in [-0.2, -0.15) is 0 Å². The van der Waals surface area contributed by atoms with Gasteiger partial charge in [0.05, 0.1) is 6.61 Å². The molecule has 1 aliphatic carbocycles. The molecule has 1 saturated carbocycles. The molecule has 1 aliphatic heterocycles. The second-order valence-corrected chi connectivity index (χ2v) is 7.17. The van der Waals surface area contributed by atoms with Crippen LogP contribution in [0.25, 0.3) is 0 Å². The zero-order chi connectivity index (χ0) is 15.1. The summed E-state index contributed by atoms with van der Waals surface area (Å²) in [6.07, 6.45) is 2.71. The molecule has 4 nitrogen and oxygen atoms in total. The molecule has 0 radical (unpaired) electrons. The minimum Gasteiger partial charge on any atom is -0.464 e. The summed E-state index contributed by atoms with van der Waals surface area (Å²) in [7, 11) is 0. The smallest absolute Gasteiger partial charge is 0.328 e. The van der Waals surface area contributed by atoms with Gasteiger partial charge in [0.2, 0.25) is 5.91 Å². The maximum Gasteiger partial charge on any atom is 0.328 e. The van der Waals surface area contributed by atoms with Crippen molar-refractivity contribution < 1.29 is 14.3 Å². The Bertz CT molecular complexity index is 400. The van der Waals surface area contributed by atoms with E-state index in [1.54, 1.807) is 11.8 Å². The molecule has 0 spiro atoms. The monoisotopic (exact) mass is 281 g/mol. The predicted octanol–water partition coefficient (Wildman–Crippen LogP) is 2.61. The van der Waals surface area contributed by atoms with E-state index in [1.807, 2.05) is 0 Å². The third-order valence-corrected chi connectivity index (χ3v) is 5.61. The summed E-state index contributed by atoms with van der Waals surface area (Å²) in [6.45, 7) is 11.4. The van der Waals surface area contributed by atoms with Gasteiger partial charge in [0.1, 0.15) is 6.04 Å². The number of carbonyl (C=O) groups is 2. The second-order valence-electron chi connectivity index (χ2n) is 7.17. The van der Waals surface area contributed by atoms with Gasteiger partial charge in [0, 0.05) is 12.5 Å². The van der Waals surface area contributed by atoms with Crippen molar-refractivity contribution in [1.82, 2.24) is 4.90 Å². The van der Waals surface area contributed by atoms with Crippen LogP contribution in [0.15, 0.2) is 0 Å². The lowest BCUT2D eigenvalue weighted by Gasteiger charge is -2.34. The Morgan fingerprint density at radius 2 is 1.75 bits per heavy atom. The fraction of sp³-hybridized carbons (Fsp3) is 0.875. The lowest BCUT2D eigenvalue weighted by Crippen LogP contribution is -2.49. The lowest BCUT2D eigenvalue weighted by atomic mass is 10.00. The molecule has 114 valence electrons. The van der Waals surface area contributed by atoms with E-state index < -0.39 is 0 Å². The van der Waals surface area contributed by atoms with Gasteiger partial charge in [-0.1, -0.05) is 27.7 Å². The van der Waals surface area contributed by atoms with E-state index in [1.165, 1.54) is 0 Å². The van der Waals surface area contributed by atoms with Crippen LogP contribution in [0.2, 0.25) is 0 Å². The first-order valence-electron chi connectivity index (χ1n) is 7.72. The minimum atomic E-state index is -0.372. The third kappa shape index (κ3) is 2.23. The summed E-state index contributed by atoms with van der Waals surface area (Å²) < 4.78 is 5.13. The van der Waals surface area contributed by atoms with Gasteiger partial charge in [-0.15, -0.1) is 0 Å². The number of ether oxygens (including phenoxy) is 1. The molecule has 1 amide bonds. The third-order valence-electron chi connectivity index (χ3n) is 5.61. The number of amides is 1. The van der Waals surface area contributed by atoms with Crippen molar-refractivity contribution in [3.05, 3.63) is 0 Å². The average molecular weight is 281 g/mol. The highest BCUT2D eigenvalue weighted by atomic mass is 16.5. The number of nitrogens with zero attached hydrogens (tertiary/aromatic N) is 1. The number of carbonyl (C=O) groups excluding carboxylic acids is 2.